The molecule has 0 radical (unpaired) electrons. The molecular weight excluding hydrogens is 432 g/mol. The molecule has 2 amide bonds. The van der Waals surface area contributed by atoms with Crippen LogP contribution in [0.1, 0.15) is 49.1 Å². The summed E-state index contributed by atoms with van der Waals surface area (Å²) in [5.74, 6) is -0.790. The quantitative estimate of drug-likeness (QED) is 0.648. The smallest absolute Gasteiger partial charge is 0.407 e. The lowest BCUT2D eigenvalue weighted by Crippen LogP contribution is -2.53. The minimum absolute atomic E-state index is 0.00628. The first-order valence-corrected chi connectivity index (χ1v) is 12.1. The maximum absolute atomic E-state index is 13.2. The summed E-state index contributed by atoms with van der Waals surface area (Å²) in [7, 11) is 0. The Labute approximate surface area is 199 Å². The largest absolute Gasteiger partial charge is 0.481 e. The number of hydrogen-bond donors (Lipinski definition) is 2. The van der Waals surface area contributed by atoms with Crippen molar-refractivity contribution >= 4 is 18.0 Å². The highest BCUT2D eigenvalue weighted by Crippen LogP contribution is 2.45. The molecule has 1 saturated heterocycles. The van der Waals surface area contributed by atoms with Crippen molar-refractivity contribution in [2.45, 2.75) is 38.0 Å². The van der Waals surface area contributed by atoms with Crippen molar-refractivity contribution < 1.29 is 24.2 Å². The van der Waals surface area contributed by atoms with Crippen LogP contribution in [0.4, 0.5) is 4.79 Å². The number of carbonyl (C=O) groups excluding carboxylic acids is 2. The number of amides is 2. The monoisotopic (exact) mass is 462 g/mol. The van der Waals surface area contributed by atoms with E-state index in [2.05, 4.69) is 29.6 Å². The van der Waals surface area contributed by atoms with Gasteiger partial charge in [0.05, 0.1) is 5.41 Å². The Morgan fingerprint density at radius 1 is 1.03 bits per heavy atom. The predicted octanol–water partition coefficient (Wildman–Crippen LogP) is 4.02. The van der Waals surface area contributed by atoms with Gasteiger partial charge in [0, 0.05) is 32.0 Å². The van der Waals surface area contributed by atoms with Gasteiger partial charge in [0.2, 0.25) is 5.91 Å². The zero-order chi connectivity index (χ0) is 23.7. The summed E-state index contributed by atoms with van der Waals surface area (Å²) >= 11 is 0. The van der Waals surface area contributed by atoms with E-state index in [1.807, 2.05) is 24.3 Å². The van der Waals surface area contributed by atoms with Gasteiger partial charge in [-0.1, -0.05) is 55.0 Å². The van der Waals surface area contributed by atoms with Crippen LogP contribution in [0.2, 0.25) is 0 Å². The van der Waals surface area contributed by atoms with E-state index in [1.54, 1.807) is 4.90 Å². The number of carbonyl (C=O) groups is 3. The molecule has 2 N–H and O–H groups in total. The molecule has 1 saturated carbocycles. The Morgan fingerprint density at radius 3 is 2.26 bits per heavy atom. The van der Waals surface area contributed by atoms with E-state index in [9.17, 15) is 14.4 Å². The highest BCUT2D eigenvalue weighted by Gasteiger charge is 2.47. The third-order valence-corrected chi connectivity index (χ3v) is 7.72. The fourth-order valence-electron chi connectivity index (χ4n) is 5.73. The Morgan fingerprint density at radius 2 is 1.68 bits per heavy atom. The Kier molecular flexibility index (Phi) is 6.02. The molecule has 2 aromatic rings. The summed E-state index contributed by atoms with van der Waals surface area (Å²) in [6.07, 6.45) is 2.71. The highest BCUT2D eigenvalue weighted by atomic mass is 16.5. The number of aliphatic carboxylic acids is 1. The van der Waals surface area contributed by atoms with Crippen LogP contribution in [0.5, 0.6) is 0 Å². The summed E-state index contributed by atoms with van der Waals surface area (Å²) < 4.78 is 5.63. The molecular formula is C27H30N2O5. The number of rotatable bonds is 7. The molecule has 7 nitrogen and oxygen atoms in total. The zero-order valence-corrected chi connectivity index (χ0v) is 19.2. The number of ether oxygens (including phenoxy) is 1. The molecule has 1 aliphatic heterocycles. The van der Waals surface area contributed by atoms with Gasteiger partial charge in [0.1, 0.15) is 6.61 Å². The van der Waals surface area contributed by atoms with E-state index in [0.717, 1.165) is 30.4 Å². The van der Waals surface area contributed by atoms with E-state index in [4.69, 9.17) is 9.84 Å². The molecule has 0 bridgehead atoms. The van der Waals surface area contributed by atoms with Gasteiger partial charge in [-0.15, -0.1) is 0 Å². The molecule has 2 aromatic carbocycles. The van der Waals surface area contributed by atoms with Crippen molar-refractivity contribution in [2.75, 3.05) is 26.2 Å². The van der Waals surface area contributed by atoms with Crippen LogP contribution in [-0.4, -0.2) is 54.2 Å². The fourth-order valence-corrected chi connectivity index (χ4v) is 5.73. The second-order valence-electron chi connectivity index (χ2n) is 9.82. The van der Waals surface area contributed by atoms with Crippen molar-refractivity contribution in [1.29, 1.82) is 0 Å². The van der Waals surface area contributed by atoms with Gasteiger partial charge in [-0.25, -0.2) is 4.79 Å². The van der Waals surface area contributed by atoms with Gasteiger partial charge in [-0.05, 0) is 47.4 Å². The van der Waals surface area contributed by atoms with Crippen LogP contribution >= 0.6 is 0 Å². The summed E-state index contributed by atoms with van der Waals surface area (Å²) in [6, 6.07) is 16.4. The minimum Gasteiger partial charge on any atom is -0.481 e. The summed E-state index contributed by atoms with van der Waals surface area (Å²) in [5.41, 5.74) is 4.08. The van der Waals surface area contributed by atoms with Gasteiger partial charge in [-0.3, -0.25) is 9.59 Å². The molecule has 34 heavy (non-hydrogen) atoms. The second-order valence-corrected chi connectivity index (χ2v) is 9.82. The number of alkyl carbamates (subject to hydrolysis) is 1. The van der Waals surface area contributed by atoms with E-state index >= 15 is 0 Å². The number of likely N-dealkylation sites (tertiary alicyclic amines) is 1. The lowest BCUT2D eigenvalue weighted by molar-refractivity contribution is -0.146. The van der Waals surface area contributed by atoms with E-state index in [-0.39, 0.29) is 37.3 Å². The maximum atomic E-state index is 13.2. The lowest BCUT2D eigenvalue weighted by atomic mass is 9.67. The van der Waals surface area contributed by atoms with Crippen molar-refractivity contribution in [1.82, 2.24) is 10.2 Å². The molecule has 2 aliphatic carbocycles. The molecule has 178 valence electrons. The maximum Gasteiger partial charge on any atom is 0.407 e. The lowest BCUT2D eigenvalue weighted by Gasteiger charge is -2.42. The number of carboxylic acids is 1. The van der Waals surface area contributed by atoms with Crippen LogP contribution in [0.25, 0.3) is 11.1 Å². The molecule has 1 unspecified atom stereocenters. The third-order valence-electron chi connectivity index (χ3n) is 7.72. The highest BCUT2D eigenvalue weighted by molar-refractivity contribution is 5.85. The zero-order valence-electron chi connectivity index (χ0n) is 19.2. The van der Waals surface area contributed by atoms with E-state index in [0.29, 0.717) is 19.5 Å². The molecule has 5 rings (SSSR count). The number of fused-ring (bicyclic) bond motifs is 3. The van der Waals surface area contributed by atoms with Crippen LogP contribution < -0.4 is 5.32 Å². The molecule has 7 heteroatoms. The number of nitrogens with zero attached hydrogens (tertiary/aromatic N) is 1. The first-order chi connectivity index (χ1) is 16.5. The average Bonchev–Trinajstić information content (AvgIpc) is 3.39. The second kappa shape index (κ2) is 9.12. The van der Waals surface area contributed by atoms with Gasteiger partial charge in [0.25, 0.3) is 0 Å². The Bertz CT molecular complexity index is 1060. The Balaban J connectivity index is 1.17. The number of hydrogen-bond acceptors (Lipinski definition) is 4. The van der Waals surface area contributed by atoms with Crippen LogP contribution in [0.3, 0.4) is 0 Å². The van der Waals surface area contributed by atoms with Crippen molar-refractivity contribution in [3.63, 3.8) is 0 Å². The summed E-state index contributed by atoms with van der Waals surface area (Å²) in [5, 5.41) is 11.9. The minimum atomic E-state index is -0.824. The summed E-state index contributed by atoms with van der Waals surface area (Å²) in [4.78, 5) is 38.6. The Hall–Kier alpha value is -3.35. The first-order valence-electron chi connectivity index (χ1n) is 12.1. The molecule has 2 fully saturated rings. The normalized spacial score (nSPS) is 20.2. The predicted molar refractivity (Wildman–Crippen MR) is 126 cm³/mol. The molecule has 1 atom stereocenters. The molecule has 1 heterocycles. The van der Waals surface area contributed by atoms with E-state index < -0.39 is 17.5 Å². The summed E-state index contributed by atoms with van der Waals surface area (Å²) in [6.45, 7) is 1.56. The van der Waals surface area contributed by atoms with Crippen LogP contribution in [0.15, 0.2) is 48.5 Å². The van der Waals surface area contributed by atoms with Crippen molar-refractivity contribution in [3.05, 3.63) is 59.7 Å². The van der Waals surface area contributed by atoms with Crippen LogP contribution in [0, 0.1) is 11.3 Å². The van der Waals surface area contributed by atoms with Crippen LogP contribution in [-0.2, 0) is 14.3 Å². The fraction of sp³-hybridized carbons (Fsp3) is 0.444. The third kappa shape index (κ3) is 4.15. The molecule has 0 aromatic heterocycles. The SMILES string of the molecule is O=C(O)CC1CCN(C(=O)C2(CNC(=O)OCC3c4ccccc4-c4ccccc43)CCC2)C1. The number of benzene rings is 2. The van der Waals surface area contributed by atoms with Gasteiger partial charge >= 0.3 is 12.1 Å². The number of nitrogens with one attached hydrogen (secondary N) is 1. The molecule has 0 spiro atoms. The average molecular weight is 463 g/mol. The molecule has 3 aliphatic rings. The topological polar surface area (TPSA) is 95.9 Å². The number of carboxylic acid groups (broad SMARTS) is 1. The van der Waals surface area contributed by atoms with Crippen molar-refractivity contribution in [2.24, 2.45) is 11.3 Å². The standard InChI is InChI=1S/C27H30N2O5/c30-24(31)14-18-10-13-29(15-18)25(32)27(11-5-12-27)17-28-26(33)34-16-23-21-8-3-1-6-19(21)20-7-2-4-9-22(20)23/h1-4,6-9,18,23H,5,10-17H2,(H,28,33)(H,30,31). The van der Waals surface area contributed by atoms with Gasteiger partial charge in [-0.2, -0.15) is 0 Å². The first kappa shape index (κ1) is 22.4. The van der Waals surface area contributed by atoms with Crippen molar-refractivity contribution in [3.8, 4) is 11.1 Å². The van der Waals surface area contributed by atoms with E-state index in [1.165, 1.54) is 11.1 Å². The van der Waals surface area contributed by atoms with Gasteiger partial charge < -0.3 is 20.1 Å². The van der Waals surface area contributed by atoms with Gasteiger partial charge in [0.15, 0.2) is 0 Å².